The lowest BCUT2D eigenvalue weighted by atomic mass is 10.2. The molecule has 0 amide bonds. The summed E-state index contributed by atoms with van der Waals surface area (Å²) in [7, 11) is 7.00. The van der Waals surface area contributed by atoms with Gasteiger partial charge in [-0.05, 0) is 46.1 Å². The summed E-state index contributed by atoms with van der Waals surface area (Å²) in [5.41, 5.74) is 1.67. The van der Waals surface area contributed by atoms with E-state index in [1.165, 1.54) is 0 Å². The van der Waals surface area contributed by atoms with Gasteiger partial charge in [0.15, 0.2) is 6.29 Å². The molecular weight excluding hydrogens is 370 g/mol. The van der Waals surface area contributed by atoms with E-state index in [9.17, 15) is 9.90 Å². The quantitative estimate of drug-likeness (QED) is 0.430. The molecule has 0 unspecified atom stereocenters. The number of nitrogens with one attached hydrogen (secondary N) is 2. The molecule has 0 radical (unpaired) electrons. The molecule has 4 N–H and O–H groups in total. The number of ether oxygens (including phenoxy) is 1. The second-order valence-corrected chi connectivity index (χ2v) is 6.69. The Morgan fingerprint density at radius 2 is 1.66 bits per heavy atom. The van der Waals surface area contributed by atoms with Gasteiger partial charge in [-0.25, -0.2) is 0 Å². The van der Waals surface area contributed by atoms with Gasteiger partial charge in [0.05, 0.1) is 11.3 Å². The van der Waals surface area contributed by atoms with E-state index in [2.05, 4.69) is 31.4 Å². The Hall–Kier alpha value is -2.25. The molecule has 170 valence electrons. The second kappa shape index (κ2) is 20.5. The fourth-order valence-corrected chi connectivity index (χ4v) is 1.55. The summed E-state index contributed by atoms with van der Waals surface area (Å²) >= 11 is 0. The van der Waals surface area contributed by atoms with E-state index in [1.54, 1.807) is 18.2 Å². The number of aldehydes is 1. The first-order valence-corrected chi connectivity index (χ1v) is 9.92. The predicted octanol–water partition coefficient (Wildman–Crippen LogP) is 3.90. The van der Waals surface area contributed by atoms with Crippen LogP contribution in [0.4, 0.5) is 5.69 Å². The molecule has 0 bridgehead atoms. The smallest absolute Gasteiger partial charge is 0.215 e. The number of phenols is 1. The van der Waals surface area contributed by atoms with Crippen molar-refractivity contribution in [2.24, 2.45) is 5.92 Å². The Balaban J connectivity index is -0.000000472. The maximum absolute atomic E-state index is 10.7. The van der Waals surface area contributed by atoms with E-state index in [0.29, 0.717) is 24.5 Å². The van der Waals surface area contributed by atoms with Crippen molar-refractivity contribution in [3.05, 3.63) is 35.3 Å². The van der Waals surface area contributed by atoms with Crippen LogP contribution in [-0.4, -0.2) is 62.8 Å². The normalized spacial score (nSPS) is 10.9. The predicted molar refractivity (Wildman–Crippen MR) is 123 cm³/mol. The average molecular weight is 414 g/mol. The fourth-order valence-electron chi connectivity index (χ4n) is 1.55. The molecule has 0 saturated carbocycles. The number of rotatable bonds is 5. The molecule has 0 aliphatic carbocycles. The van der Waals surface area contributed by atoms with Crippen LogP contribution < -0.4 is 10.6 Å². The summed E-state index contributed by atoms with van der Waals surface area (Å²) in [6.45, 7) is 13.8. The highest BCUT2D eigenvalue weighted by Gasteiger charge is 2.20. The number of aliphatic hydroxyl groups excluding tert-OH is 1. The molecule has 1 aliphatic rings. The van der Waals surface area contributed by atoms with Crippen molar-refractivity contribution in [2.75, 3.05) is 46.7 Å². The van der Waals surface area contributed by atoms with Crippen molar-refractivity contribution >= 4 is 12.0 Å². The molecule has 0 fully saturated rings. The Morgan fingerprint density at radius 3 is 2.00 bits per heavy atom. The van der Waals surface area contributed by atoms with Gasteiger partial charge in [0.2, 0.25) is 5.88 Å². The van der Waals surface area contributed by atoms with Gasteiger partial charge in [-0.15, -0.1) is 0 Å². The Morgan fingerprint density at radius 1 is 1.17 bits per heavy atom. The highest BCUT2D eigenvalue weighted by molar-refractivity contribution is 5.83. The van der Waals surface area contributed by atoms with E-state index in [1.807, 2.05) is 46.8 Å². The molecule has 29 heavy (non-hydrogen) atoms. The summed E-state index contributed by atoms with van der Waals surface area (Å²) in [5.74, 6) is 1.35. The number of aliphatic hydroxyl groups is 1. The number of phenolic OH excluding ortho intramolecular Hbond substituents is 1. The SMILES string of the molecule is CC.CC(C)C.CCNC1=C(Nc2cccc(C=O)c2O)OC1.CN(C)C.CO. The summed E-state index contributed by atoms with van der Waals surface area (Å²) in [4.78, 5) is 12.7. The van der Waals surface area contributed by atoms with Gasteiger partial charge in [-0.1, -0.05) is 40.7 Å². The van der Waals surface area contributed by atoms with E-state index in [0.717, 1.165) is 25.3 Å². The van der Waals surface area contributed by atoms with Crippen molar-refractivity contribution < 1.29 is 19.7 Å². The highest BCUT2D eigenvalue weighted by atomic mass is 16.5. The van der Waals surface area contributed by atoms with Crippen LogP contribution in [0.2, 0.25) is 0 Å². The van der Waals surface area contributed by atoms with Crippen molar-refractivity contribution in [1.82, 2.24) is 10.2 Å². The first-order chi connectivity index (χ1) is 13.7. The zero-order chi connectivity index (χ0) is 23.4. The largest absolute Gasteiger partial charge is 0.505 e. The number of likely N-dealkylation sites (N-methyl/N-ethyl adjacent to an activating group) is 1. The third-order valence-electron chi connectivity index (χ3n) is 2.47. The molecule has 2 rings (SSSR count). The molecular formula is C22H43N3O4. The van der Waals surface area contributed by atoms with Gasteiger partial charge < -0.3 is 30.5 Å². The maximum Gasteiger partial charge on any atom is 0.215 e. The Kier molecular flexibility index (Phi) is 22.2. The Labute approximate surface area is 177 Å². The highest BCUT2D eigenvalue weighted by Crippen LogP contribution is 2.29. The molecule has 0 spiro atoms. The van der Waals surface area contributed by atoms with Crippen LogP contribution in [0.5, 0.6) is 5.75 Å². The lowest BCUT2D eigenvalue weighted by Gasteiger charge is -2.26. The first-order valence-electron chi connectivity index (χ1n) is 9.92. The molecule has 7 heteroatoms. The van der Waals surface area contributed by atoms with E-state index in [-0.39, 0.29) is 11.3 Å². The van der Waals surface area contributed by atoms with Crippen LogP contribution in [0.1, 0.15) is 51.9 Å². The van der Waals surface area contributed by atoms with E-state index < -0.39 is 0 Å². The zero-order valence-electron chi connectivity index (χ0n) is 20.0. The van der Waals surface area contributed by atoms with Crippen molar-refractivity contribution in [1.29, 1.82) is 0 Å². The van der Waals surface area contributed by atoms with Gasteiger partial charge >= 0.3 is 0 Å². The lowest BCUT2D eigenvalue weighted by molar-refractivity contribution is 0.112. The third-order valence-corrected chi connectivity index (χ3v) is 2.47. The number of nitrogens with zero attached hydrogens (tertiary/aromatic N) is 1. The molecule has 0 atom stereocenters. The van der Waals surface area contributed by atoms with Crippen molar-refractivity contribution in [2.45, 2.75) is 41.5 Å². The molecule has 1 heterocycles. The molecule has 0 saturated heterocycles. The van der Waals surface area contributed by atoms with Gasteiger partial charge in [0, 0.05) is 13.7 Å². The number of para-hydroxylation sites is 1. The van der Waals surface area contributed by atoms with Gasteiger partial charge in [-0.3, -0.25) is 4.79 Å². The van der Waals surface area contributed by atoms with Crippen molar-refractivity contribution in [3.63, 3.8) is 0 Å². The van der Waals surface area contributed by atoms with Crippen molar-refractivity contribution in [3.8, 4) is 5.75 Å². The van der Waals surface area contributed by atoms with Crippen LogP contribution in [0, 0.1) is 5.92 Å². The topological polar surface area (TPSA) is 94.1 Å². The van der Waals surface area contributed by atoms with Gasteiger partial charge in [0.1, 0.15) is 18.1 Å². The van der Waals surface area contributed by atoms with Gasteiger partial charge in [0.25, 0.3) is 0 Å². The molecule has 1 aromatic rings. The minimum atomic E-state index is -0.0682. The van der Waals surface area contributed by atoms with Crippen LogP contribution >= 0.6 is 0 Å². The fraction of sp³-hybridized carbons (Fsp3) is 0.591. The summed E-state index contributed by atoms with van der Waals surface area (Å²) in [6.07, 6.45) is 0.613. The monoisotopic (exact) mass is 413 g/mol. The maximum atomic E-state index is 10.7. The number of carbonyl (C=O) groups excluding carboxylic acids is 1. The number of hydrogen-bond acceptors (Lipinski definition) is 7. The standard InChI is InChI=1S/C12H14N2O3.C4H10.C3H9N.C2H6.CH4O/c1-2-13-10-7-17-12(10)14-9-5-3-4-8(6-15)11(9)16;2*1-4(2)3;2*1-2/h3-6,13-14,16H,2,7H2,1H3;4H,1-3H3;1-3H3;1-2H3;2H,1H3. The minimum Gasteiger partial charge on any atom is -0.505 e. The average Bonchev–Trinajstić information content (AvgIpc) is 2.66. The number of carbonyl (C=O) groups is 1. The van der Waals surface area contributed by atoms with Crippen LogP contribution in [0.25, 0.3) is 0 Å². The first kappa shape index (κ1) is 31.4. The lowest BCUT2D eigenvalue weighted by Crippen LogP contribution is -2.30. The van der Waals surface area contributed by atoms with Crippen LogP contribution in [-0.2, 0) is 4.74 Å². The molecule has 7 nitrogen and oxygen atoms in total. The van der Waals surface area contributed by atoms with E-state index in [4.69, 9.17) is 9.84 Å². The summed E-state index contributed by atoms with van der Waals surface area (Å²) < 4.78 is 5.23. The second-order valence-electron chi connectivity index (χ2n) is 6.69. The minimum absolute atomic E-state index is 0.0682. The van der Waals surface area contributed by atoms with E-state index >= 15 is 0 Å². The number of anilines is 1. The van der Waals surface area contributed by atoms with Crippen LogP contribution in [0.3, 0.4) is 0 Å². The number of benzene rings is 1. The van der Waals surface area contributed by atoms with Crippen LogP contribution in [0.15, 0.2) is 29.8 Å². The van der Waals surface area contributed by atoms with Gasteiger partial charge in [-0.2, -0.15) is 0 Å². The zero-order valence-corrected chi connectivity index (χ0v) is 20.0. The third kappa shape index (κ3) is 16.4. The summed E-state index contributed by atoms with van der Waals surface area (Å²) in [6, 6.07) is 4.92. The number of aromatic hydroxyl groups is 1. The molecule has 1 aromatic carbocycles. The summed E-state index contributed by atoms with van der Waals surface area (Å²) in [5, 5.41) is 22.9. The Bertz CT molecular complexity index is 547. The molecule has 0 aromatic heterocycles. The molecule has 1 aliphatic heterocycles. The number of hydrogen-bond donors (Lipinski definition) is 4.